The Bertz CT molecular complexity index is 1150. The van der Waals surface area contributed by atoms with Crippen molar-refractivity contribution in [1.29, 1.82) is 0 Å². The highest BCUT2D eigenvalue weighted by Crippen LogP contribution is 2.43. The Morgan fingerprint density at radius 1 is 1.19 bits per heavy atom. The zero-order valence-corrected chi connectivity index (χ0v) is 20.6. The van der Waals surface area contributed by atoms with Crippen molar-refractivity contribution in [2.75, 3.05) is 44.2 Å². The number of aliphatic hydroxyl groups excluding tert-OH is 1. The summed E-state index contributed by atoms with van der Waals surface area (Å²) in [5.74, 6) is -0.951. The molecule has 37 heavy (non-hydrogen) atoms. The zero-order valence-electron chi connectivity index (χ0n) is 20.6. The molecule has 3 aliphatic rings. The minimum Gasteiger partial charge on any atom is -0.387 e. The summed E-state index contributed by atoms with van der Waals surface area (Å²) in [6.45, 7) is 4.82. The summed E-state index contributed by atoms with van der Waals surface area (Å²) in [6, 6.07) is 2.77. The summed E-state index contributed by atoms with van der Waals surface area (Å²) >= 11 is 0. The topological polar surface area (TPSA) is 81.6 Å². The molecule has 1 aromatic heterocycles. The van der Waals surface area contributed by atoms with Crippen molar-refractivity contribution in [3.05, 3.63) is 52.7 Å². The Balaban J connectivity index is 1.31. The van der Waals surface area contributed by atoms with Crippen molar-refractivity contribution in [2.24, 2.45) is 5.92 Å². The summed E-state index contributed by atoms with van der Waals surface area (Å²) in [6.07, 6.45) is -1.12. The van der Waals surface area contributed by atoms with Crippen LogP contribution in [0.5, 0.6) is 0 Å². The van der Waals surface area contributed by atoms with Crippen LogP contribution >= 0.6 is 0 Å². The van der Waals surface area contributed by atoms with Gasteiger partial charge in [-0.2, -0.15) is 13.2 Å². The third kappa shape index (κ3) is 5.43. The molecule has 1 aliphatic heterocycles. The molecule has 200 valence electrons. The van der Waals surface area contributed by atoms with Crippen LogP contribution in [0, 0.1) is 11.7 Å². The average molecular weight is 522 g/mol. The number of rotatable bonds is 7. The lowest BCUT2D eigenvalue weighted by Gasteiger charge is -2.38. The highest BCUT2D eigenvalue weighted by molar-refractivity contribution is 5.84. The monoisotopic (exact) mass is 521 g/mol. The van der Waals surface area contributed by atoms with E-state index in [4.69, 9.17) is 0 Å². The highest BCUT2D eigenvalue weighted by Gasteiger charge is 2.37. The molecule has 2 heterocycles. The SMILES string of the molecule is C[C@@H]1CC(O)c2ncnc(N3CCN(C(=O)[C@H](CNCC4CC4)c4ccc(C(F)(F)F)c(F)c4)CC3)c21. The van der Waals surface area contributed by atoms with Gasteiger partial charge in [-0.1, -0.05) is 13.0 Å². The quantitative estimate of drug-likeness (QED) is 0.542. The molecule has 11 heteroatoms. The Hall–Kier alpha value is -2.79. The molecule has 2 N–H and O–H groups in total. The number of carbonyl (C=O) groups is 1. The lowest BCUT2D eigenvalue weighted by Crippen LogP contribution is -2.51. The third-order valence-corrected chi connectivity index (χ3v) is 7.65. The van der Waals surface area contributed by atoms with Gasteiger partial charge in [-0.3, -0.25) is 4.79 Å². The smallest absolute Gasteiger partial charge is 0.387 e. The van der Waals surface area contributed by atoms with Crippen LogP contribution in [0.2, 0.25) is 0 Å². The van der Waals surface area contributed by atoms with Gasteiger partial charge >= 0.3 is 6.18 Å². The van der Waals surface area contributed by atoms with E-state index in [-0.39, 0.29) is 23.9 Å². The van der Waals surface area contributed by atoms with E-state index in [1.807, 2.05) is 6.92 Å². The summed E-state index contributed by atoms with van der Waals surface area (Å²) in [5, 5.41) is 13.6. The van der Waals surface area contributed by atoms with Crippen molar-refractivity contribution in [1.82, 2.24) is 20.2 Å². The second-order valence-electron chi connectivity index (χ2n) is 10.4. The van der Waals surface area contributed by atoms with E-state index < -0.39 is 29.6 Å². The predicted molar refractivity (Wildman–Crippen MR) is 129 cm³/mol. The summed E-state index contributed by atoms with van der Waals surface area (Å²) in [4.78, 5) is 26.1. The molecule has 0 bridgehead atoms. The van der Waals surface area contributed by atoms with Gasteiger partial charge in [-0.05, 0) is 55.3 Å². The summed E-state index contributed by atoms with van der Waals surface area (Å²) < 4.78 is 53.6. The van der Waals surface area contributed by atoms with Gasteiger partial charge < -0.3 is 20.2 Å². The molecule has 1 aromatic carbocycles. The lowest BCUT2D eigenvalue weighted by molar-refractivity contribution is -0.140. The predicted octanol–water partition coefficient (Wildman–Crippen LogP) is 3.61. The molecular formula is C26H31F4N5O2. The Morgan fingerprint density at radius 3 is 2.57 bits per heavy atom. The molecule has 1 saturated carbocycles. The van der Waals surface area contributed by atoms with Crippen LogP contribution in [0.1, 0.15) is 66.5 Å². The van der Waals surface area contributed by atoms with Crippen LogP contribution in [0.25, 0.3) is 0 Å². The van der Waals surface area contributed by atoms with Gasteiger partial charge in [0, 0.05) is 38.3 Å². The van der Waals surface area contributed by atoms with E-state index in [2.05, 4.69) is 20.2 Å². The van der Waals surface area contributed by atoms with Crippen molar-refractivity contribution < 1.29 is 27.5 Å². The molecular weight excluding hydrogens is 490 g/mol. The first-order valence-corrected chi connectivity index (χ1v) is 12.8. The second-order valence-corrected chi connectivity index (χ2v) is 10.4. The molecule has 3 atom stereocenters. The van der Waals surface area contributed by atoms with Crippen LogP contribution in [0.15, 0.2) is 24.5 Å². The number of anilines is 1. The number of hydrogen-bond acceptors (Lipinski definition) is 6. The van der Waals surface area contributed by atoms with Gasteiger partial charge in [0.2, 0.25) is 5.91 Å². The van der Waals surface area contributed by atoms with E-state index in [1.165, 1.54) is 12.4 Å². The Labute approximate surface area is 212 Å². The highest BCUT2D eigenvalue weighted by atomic mass is 19.4. The number of benzene rings is 1. The fraction of sp³-hybridized carbons (Fsp3) is 0.577. The number of alkyl halides is 3. The van der Waals surface area contributed by atoms with Gasteiger partial charge in [-0.15, -0.1) is 0 Å². The standard InChI is InChI=1S/C26H31F4N5O2/c1-15-10-21(36)23-22(15)24(33-14-32-23)34-6-8-35(9-7-34)25(37)18(13-31-12-16-2-3-16)17-4-5-19(20(27)11-17)26(28,29)30/h4-5,11,14-16,18,21,31,36H,2-3,6-10,12-13H2,1H3/t15-,18-,21?/m1/s1. The molecule has 5 rings (SSSR count). The average Bonchev–Trinajstić information content (AvgIpc) is 3.64. The maximum absolute atomic E-state index is 14.4. The fourth-order valence-electron chi connectivity index (χ4n) is 5.39. The lowest BCUT2D eigenvalue weighted by atomic mass is 9.95. The minimum absolute atomic E-state index is 0.123. The number of fused-ring (bicyclic) bond motifs is 1. The van der Waals surface area contributed by atoms with Gasteiger partial charge in [0.1, 0.15) is 18.0 Å². The number of nitrogens with one attached hydrogen (secondary N) is 1. The van der Waals surface area contributed by atoms with E-state index in [0.717, 1.165) is 42.9 Å². The largest absolute Gasteiger partial charge is 0.419 e. The maximum Gasteiger partial charge on any atom is 0.419 e. The van der Waals surface area contributed by atoms with Gasteiger partial charge in [-0.25, -0.2) is 14.4 Å². The third-order valence-electron chi connectivity index (χ3n) is 7.65. The Morgan fingerprint density at radius 2 is 1.92 bits per heavy atom. The number of aromatic nitrogens is 2. The van der Waals surface area contributed by atoms with Gasteiger partial charge in [0.05, 0.1) is 23.3 Å². The van der Waals surface area contributed by atoms with Crippen LogP contribution in [0.3, 0.4) is 0 Å². The number of nitrogens with zero attached hydrogens (tertiary/aromatic N) is 4. The summed E-state index contributed by atoms with van der Waals surface area (Å²) in [5.41, 5.74) is 0.496. The van der Waals surface area contributed by atoms with Gasteiger partial charge in [0.25, 0.3) is 0 Å². The first kappa shape index (κ1) is 25.8. The summed E-state index contributed by atoms with van der Waals surface area (Å²) in [7, 11) is 0. The second kappa shape index (κ2) is 10.2. The van der Waals surface area contributed by atoms with E-state index in [1.54, 1.807) is 4.90 Å². The van der Waals surface area contributed by atoms with Crippen molar-refractivity contribution >= 4 is 11.7 Å². The normalized spacial score (nSPS) is 22.8. The van der Waals surface area contributed by atoms with Crippen molar-refractivity contribution in [2.45, 2.75) is 50.3 Å². The molecule has 0 radical (unpaired) electrons. The number of aliphatic hydroxyl groups is 1. The molecule has 1 unspecified atom stereocenters. The molecule has 2 aromatic rings. The van der Waals surface area contributed by atoms with Crippen LogP contribution < -0.4 is 10.2 Å². The molecule has 2 fully saturated rings. The number of carbonyl (C=O) groups excluding carboxylic acids is 1. The molecule has 2 aliphatic carbocycles. The van der Waals surface area contributed by atoms with Crippen LogP contribution in [0.4, 0.5) is 23.4 Å². The minimum atomic E-state index is -4.79. The number of amides is 1. The Kier molecular flexibility index (Phi) is 7.10. The van der Waals surface area contributed by atoms with Gasteiger partial charge in [0.15, 0.2) is 0 Å². The van der Waals surface area contributed by atoms with E-state index >= 15 is 0 Å². The van der Waals surface area contributed by atoms with Crippen LogP contribution in [-0.2, 0) is 11.0 Å². The van der Waals surface area contributed by atoms with Crippen molar-refractivity contribution in [3.63, 3.8) is 0 Å². The number of hydrogen-bond donors (Lipinski definition) is 2. The first-order valence-electron chi connectivity index (χ1n) is 12.8. The molecule has 1 amide bonds. The zero-order chi connectivity index (χ0) is 26.3. The first-order chi connectivity index (χ1) is 17.6. The van der Waals surface area contributed by atoms with E-state index in [9.17, 15) is 27.5 Å². The maximum atomic E-state index is 14.4. The van der Waals surface area contributed by atoms with Crippen LogP contribution in [-0.4, -0.2) is 65.2 Å². The number of piperazine rings is 1. The number of halogens is 4. The van der Waals surface area contributed by atoms with Crippen molar-refractivity contribution in [3.8, 4) is 0 Å². The molecule has 0 spiro atoms. The molecule has 1 saturated heterocycles. The van der Waals surface area contributed by atoms with E-state index in [0.29, 0.717) is 44.2 Å². The fourth-order valence-corrected chi connectivity index (χ4v) is 5.39. The molecule has 7 nitrogen and oxygen atoms in total.